The van der Waals surface area contributed by atoms with Crippen LogP contribution in [0.5, 0.6) is 0 Å². The van der Waals surface area contributed by atoms with Crippen molar-refractivity contribution in [1.29, 1.82) is 0 Å². The maximum atomic E-state index is 2.36. The van der Waals surface area contributed by atoms with Crippen molar-refractivity contribution in [3.8, 4) is 0 Å². The van der Waals surface area contributed by atoms with Crippen LogP contribution in [-0.2, 0) is 38.7 Å². The molecule has 0 heterocycles. The maximum absolute atomic E-state index is 2.36. The van der Waals surface area contributed by atoms with E-state index in [1.165, 1.54) is 54.2 Å². The van der Waals surface area contributed by atoms with Gasteiger partial charge in [0, 0.05) is 0 Å². The summed E-state index contributed by atoms with van der Waals surface area (Å²) in [6.45, 7) is 0. The first-order valence-corrected chi connectivity index (χ1v) is 10.0. The van der Waals surface area contributed by atoms with Crippen molar-refractivity contribution in [3.63, 3.8) is 0 Å². The molecule has 0 saturated carbocycles. The maximum Gasteiger partial charge on any atom is 4.00 e. The third kappa shape index (κ3) is 4.00. The molecule has 31 heavy (non-hydrogen) atoms. The molecule has 0 aliphatic carbocycles. The van der Waals surface area contributed by atoms with E-state index in [0.29, 0.717) is 0 Å². The van der Waals surface area contributed by atoms with Crippen LogP contribution in [0, 0.1) is 0 Å². The fourth-order valence-corrected chi connectivity index (χ4v) is 4.79. The van der Waals surface area contributed by atoms with Crippen molar-refractivity contribution in [2.45, 2.75) is 12.8 Å². The van der Waals surface area contributed by atoms with Crippen LogP contribution in [0.2, 0.25) is 0 Å². The second-order valence-electron chi connectivity index (χ2n) is 7.72. The molecular formula is C28H20Cl2Hf. The summed E-state index contributed by atoms with van der Waals surface area (Å²) in [5.41, 5.74) is 2.89. The molecule has 0 radical (unpaired) electrons. The van der Waals surface area contributed by atoms with E-state index in [1.54, 1.807) is 0 Å². The molecule has 0 nitrogen and oxygen atoms in total. The number of rotatable bonds is 3. The van der Waals surface area contributed by atoms with Gasteiger partial charge in [-0.05, 0) is 0 Å². The van der Waals surface area contributed by atoms with Crippen LogP contribution in [-0.4, -0.2) is 0 Å². The van der Waals surface area contributed by atoms with Crippen molar-refractivity contribution >= 4 is 43.1 Å². The number of hydrogen-bond donors (Lipinski definition) is 0. The van der Waals surface area contributed by atoms with Gasteiger partial charge in [0.15, 0.2) is 0 Å². The third-order valence-electron chi connectivity index (χ3n) is 6.16. The van der Waals surface area contributed by atoms with Crippen molar-refractivity contribution in [2.24, 2.45) is 0 Å². The Labute approximate surface area is 213 Å². The predicted octanol–water partition coefficient (Wildman–Crippen LogP) is 1.53. The normalized spacial score (nSPS) is 10.7. The van der Waals surface area contributed by atoms with E-state index in [0.717, 1.165) is 12.8 Å². The van der Waals surface area contributed by atoms with Gasteiger partial charge < -0.3 is 24.8 Å². The molecule has 0 aliphatic rings. The van der Waals surface area contributed by atoms with Crippen molar-refractivity contribution in [1.82, 2.24) is 0 Å². The number of halogens is 2. The fourth-order valence-electron chi connectivity index (χ4n) is 4.79. The molecule has 150 valence electrons. The third-order valence-corrected chi connectivity index (χ3v) is 6.16. The number of fused-ring (bicyclic) bond motifs is 6. The Hall–Kier alpha value is -1.93. The second kappa shape index (κ2) is 9.69. The van der Waals surface area contributed by atoms with E-state index in [9.17, 15) is 0 Å². The first-order valence-electron chi connectivity index (χ1n) is 10.0. The molecule has 0 atom stereocenters. The first kappa shape index (κ1) is 23.7. The average molecular weight is 606 g/mol. The van der Waals surface area contributed by atoms with Crippen molar-refractivity contribution < 1.29 is 50.7 Å². The van der Waals surface area contributed by atoms with Crippen LogP contribution in [0.4, 0.5) is 0 Å². The quantitative estimate of drug-likeness (QED) is 0.212. The summed E-state index contributed by atoms with van der Waals surface area (Å²) in [6, 6.07) is 35.7. The minimum Gasteiger partial charge on any atom is -1.00 e. The Kier molecular flexibility index (Phi) is 7.42. The van der Waals surface area contributed by atoms with Crippen molar-refractivity contribution in [2.75, 3.05) is 0 Å². The van der Waals surface area contributed by atoms with Crippen LogP contribution in [0.1, 0.15) is 11.1 Å². The van der Waals surface area contributed by atoms with Gasteiger partial charge in [0.25, 0.3) is 0 Å². The van der Waals surface area contributed by atoms with E-state index < -0.39 is 0 Å². The number of benzene rings is 4. The Balaban J connectivity index is 0.000000907. The minimum absolute atomic E-state index is 0. The zero-order chi connectivity index (χ0) is 18.5. The van der Waals surface area contributed by atoms with Gasteiger partial charge in [0.2, 0.25) is 0 Å². The monoisotopic (exact) mass is 606 g/mol. The molecule has 6 aromatic carbocycles. The molecule has 0 unspecified atom stereocenters. The predicted molar refractivity (Wildman–Crippen MR) is 122 cm³/mol. The fraction of sp³-hybridized carbons (Fsp3) is 0.0714. The smallest absolute Gasteiger partial charge is 1.00 e. The molecule has 0 N–H and O–H groups in total. The van der Waals surface area contributed by atoms with E-state index in [-0.39, 0.29) is 50.7 Å². The zero-order valence-corrected chi connectivity index (χ0v) is 22.0. The molecule has 0 saturated heterocycles. The molecule has 6 rings (SSSR count). The average Bonchev–Trinajstić information content (AvgIpc) is 3.31. The Morgan fingerprint density at radius 2 is 0.839 bits per heavy atom. The molecule has 0 fully saturated rings. The van der Waals surface area contributed by atoms with E-state index in [1.807, 2.05) is 0 Å². The molecule has 0 amide bonds. The summed E-state index contributed by atoms with van der Waals surface area (Å²) in [4.78, 5) is 0. The summed E-state index contributed by atoms with van der Waals surface area (Å²) in [5, 5.41) is 11.0. The van der Waals surface area contributed by atoms with Gasteiger partial charge in [0.1, 0.15) is 0 Å². The number of aryl methyl sites for hydroxylation is 2. The summed E-state index contributed by atoms with van der Waals surface area (Å²) in [7, 11) is 0. The van der Waals surface area contributed by atoms with Crippen molar-refractivity contribution in [3.05, 3.63) is 108 Å². The number of hydrogen-bond acceptors (Lipinski definition) is 0. The van der Waals surface area contributed by atoms with Gasteiger partial charge in [-0.2, -0.15) is 0 Å². The van der Waals surface area contributed by atoms with Crippen LogP contribution < -0.4 is 24.8 Å². The van der Waals surface area contributed by atoms with E-state index >= 15 is 0 Å². The van der Waals surface area contributed by atoms with Crippen LogP contribution in [0.25, 0.3) is 43.1 Å². The van der Waals surface area contributed by atoms with Gasteiger partial charge in [-0.3, -0.25) is 0 Å². The van der Waals surface area contributed by atoms with Crippen LogP contribution in [0.3, 0.4) is 0 Å². The van der Waals surface area contributed by atoms with Crippen LogP contribution >= 0.6 is 0 Å². The molecule has 0 bridgehead atoms. The SMILES string of the molecule is [Cl-].[Cl-].[Hf+4].c1ccc2c(c1)[cH-]c1c(CCc3cccc4c3[cH-]c3ccccc34)cccc12. The largest absolute Gasteiger partial charge is 4.00 e. The summed E-state index contributed by atoms with van der Waals surface area (Å²) in [6.07, 6.45) is 2.13. The molecule has 0 spiro atoms. The van der Waals surface area contributed by atoms with E-state index in [2.05, 4.69) is 97.1 Å². The Morgan fingerprint density at radius 3 is 1.29 bits per heavy atom. The molecular weight excluding hydrogens is 586 g/mol. The summed E-state index contributed by atoms with van der Waals surface area (Å²) >= 11 is 0. The van der Waals surface area contributed by atoms with Gasteiger partial charge in [-0.15, -0.1) is 78.5 Å². The molecule has 0 aromatic heterocycles. The van der Waals surface area contributed by atoms with Gasteiger partial charge in [-0.25, -0.2) is 0 Å². The zero-order valence-electron chi connectivity index (χ0n) is 16.9. The summed E-state index contributed by atoms with van der Waals surface area (Å²) in [5.74, 6) is 0. The second-order valence-corrected chi connectivity index (χ2v) is 7.72. The minimum atomic E-state index is 0. The summed E-state index contributed by atoms with van der Waals surface area (Å²) < 4.78 is 0. The van der Waals surface area contributed by atoms with Gasteiger partial charge in [0.05, 0.1) is 0 Å². The molecule has 3 heteroatoms. The van der Waals surface area contributed by atoms with E-state index in [4.69, 9.17) is 0 Å². The Bertz CT molecular complexity index is 1360. The first-order chi connectivity index (χ1) is 13.9. The molecule has 0 aliphatic heterocycles. The molecule has 6 aromatic rings. The van der Waals surface area contributed by atoms with Gasteiger partial charge >= 0.3 is 25.8 Å². The van der Waals surface area contributed by atoms with Crippen LogP contribution in [0.15, 0.2) is 97.1 Å². The van der Waals surface area contributed by atoms with Gasteiger partial charge in [-0.1, -0.05) is 85.6 Å². The Morgan fingerprint density at radius 1 is 0.452 bits per heavy atom. The standard InChI is InChI=1S/C28H20.2ClH.Hf/c1-3-11-23-21(7-1)17-27-19(9-5-13-25(23)27)15-16-20-10-6-14-26-24-12-4-2-8-22(24)18-28(20)26;;;/h1-14,17-18H,15-16H2;2*1H;/q-2;;;+4/p-2. The topological polar surface area (TPSA) is 0 Å².